The number of hydrogen-bond acceptors (Lipinski definition) is 5. The van der Waals surface area contributed by atoms with E-state index in [4.69, 9.17) is 15.2 Å². The molecule has 3 saturated carbocycles. The summed E-state index contributed by atoms with van der Waals surface area (Å²) in [7, 11) is 0. The van der Waals surface area contributed by atoms with Gasteiger partial charge in [0.25, 0.3) is 0 Å². The third-order valence-electron chi connectivity index (χ3n) is 11.1. The predicted octanol–water partition coefficient (Wildman–Crippen LogP) is 5.17. The van der Waals surface area contributed by atoms with Gasteiger partial charge in [0.05, 0.1) is 12.2 Å². The number of nitrogens with two attached hydrogens (primary N) is 1. The lowest BCUT2D eigenvalue weighted by atomic mass is 9.45. The van der Waals surface area contributed by atoms with Gasteiger partial charge in [-0.25, -0.2) is 4.79 Å². The Kier molecular flexibility index (Phi) is 8.55. The van der Waals surface area contributed by atoms with Gasteiger partial charge < -0.3 is 20.3 Å². The van der Waals surface area contributed by atoms with Crippen LogP contribution in [0.1, 0.15) is 98.3 Å². The predicted molar refractivity (Wildman–Crippen MR) is 140 cm³/mol. The number of cyclic esters (lactones) is 1. The van der Waals surface area contributed by atoms with Crippen LogP contribution in [-0.2, 0) is 19.1 Å². The maximum absolute atomic E-state index is 11.8. The molecule has 6 heteroatoms. The minimum Gasteiger partial charge on any atom is -0.458 e. The average molecular weight is 504 g/mol. The van der Waals surface area contributed by atoms with Gasteiger partial charge in [-0.15, -0.1) is 0 Å². The van der Waals surface area contributed by atoms with Crippen molar-refractivity contribution < 1.29 is 24.2 Å². The van der Waals surface area contributed by atoms with Gasteiger partial charge in [0.15, 0.2) is 0 Å². The number of hydrogen-bond donors (Lipinski definition) is 2. The quantitative estimate of drug-likeness (QED) is 0.299. The minimum absolute atomic E-state index is 0.159. The fraction of sp³-hybridized carbons (Fsp3) is 0.867. The van der Waals surface area contributed by atoms with Gasteiger partial charge in [-0.05, 0) is 105 Å². The van der Waals surface area contributed by atoms with E-state index in [1.165, 1.54) is 12.8 Å². The highest BCUT2D eigenvalue weighted by Crippen LogP contribution is 2.67. The Morgan fingerprint density at radius 3 is 2.67 bits per heavy atom. The molecular formula is C30H49NO5. The van der Waals surface area contributed by atoms with Crippen LogP contribution < -0.4 is 5.73 Å². The first-order valence-electron chi connectivity index (χ1n) is 14.5. The number of carbonyl (C=O) groups excluding carboxylic acids is 2. The Bertz CT molecular complexity index is 841. The lowest BCUT2D eigenvalue weighted by molar-refractivity contribution is -0.154. The molecule has 0 bridgehead atoms. The molecule has 1 amide bonds. The molecule has 4 aliphatic rings. The third kappa shape index (κ3) is 5.27. The summed E-state index contributed by atoms with van der Waals surface area (Å²) in [5.74, 6) is 2.13. The number of esters is 1. The number of primary amides is 1. The van der Waals surface area contributed by atoms with Crippen LogP contribution in [-0.4, -0.2) is 42.4 Å². The molecule has 0 radical (unpaired) electrons. The van der Waals surface area contributed by atoms with Crippen LogP contribution in [0.4, 0.5) is 0 Å². The smallest absolute Gasteiger partial charge is 0.331 e. The van der Waals surface area contributed by atoms with Crippen molar-refractivity contribution in [2.24, 2.45) is 46.2 Å². The normalized spacial score (nSPS) is 40.8. The van der Waals surface area contributed by atoms with Gasteiger partial charge in [0.2, 0.25) is 5.91 Å². The Morgan fingerprint density at radius 2 is 1.97 bits per heavy atom. The Labute approximate surface area is 217 Å². The molecular weight excluding hydrogens is 454 g/mol. The maximum atomic E-state index is 11.8. The monoisotopic (exact) mass is 503 g/mol. The Morgan fingerprint density at radius 1 is 1.19 bits per heavy atom. The fourth-order valence-corrected chi connectivity index (χ4v) is 8.70. The number of aliphatic hydroxyl groups excluding tert-OH is 1. The second-order valence-electron chi connectivity index (χ2n) is 12.9. The van der Waals surface area contributed by atoms with Crippen LogP contribution in [0.5, 0.6) is 0 Å². The van der Waals surface area contributed by atoms with E-state index in [0.717, 1.165) is 63.5 Å². The van der Waals surface area contributed by atoms with E-state index < -0.39 is 0 Å². The summed E-state index contributed by atoms with van der Waals surface area (Å²) in [6.07, 6.45) is 12.6. The van der Waals surface area contributed by atoms with Crippen molar-refractivity contribution in [2.75, 3.05) is 13.2 Å². The maximum Gasteiger partial charge on any atom is 0.331 e. The van der Waals surface area contributed by atoms with Crippen molar-refractivity contribution in [2.45, 2.75) is 111 Å². The Hall–Kier alpha value is -1.40. The minimum atomic E-state index is -0.341. The van der Waals surface area contributed by atoms with Crippen LogP contribution in [0.15, 0.2) is 11.6 Å². The second kappa shape index (κ2) is 11.1. The van der Waals surface area contributed by atoms with Gasteiger partial charge in [-0.1, -0.05) is 27.2 Å². The first kappa shape index (κ1) is 27.6. The summed E-state index contributed by atoms with van der Waals surface area (Å²) in [6, 6.07) is 0. The molecule has 3 aliphatic carbocycles. The summed E-state index contributed by atoms with van der Waals surface area (Å²) in [5.41, 5.74) is 6.36. The lowest BCUT2D eigenvalue weighted by Gasteiger charge is -2.60. The van der Waals surface area contributed by atoms with Gasteiger partial charge in [0, 0.05) is 24.5 Å². The topological polar surface area (TPSA) is 98.8 Å². The van der Waals surface area contributed by atoms with Crippen molar-refractivity contribution in [1.29, 1.82) is 0 Å². The van der Waals surface area contributed by atoms with Gasteiger partial charge in [-0.2, -0.15) is 0 Å². The van der Waals surface area contributed by atoms with Crippen LogP contribution >= 0.6 is 0 Å². The molecule has 1 heterocycles. The van der Waals surface area contributed by atoms with E-state index in [1.807, 2.05) is 0 Å². The van der Waals surface area contributed by atoms with Crippen molar-refractivity contribution in [1.82, 2.24) is 0 Å². The molecule has 0 aromatic rings. The summed E-state index contributed by atoms with van der Waals surface area (Å²) in [4.78, 5) is 22.7. The molecule has 0 saturated heterocycles. The number of ether oxygens (including phenoxy) is 2. The number of unbranched alkanes of at least 4 members (excludes halogenated alkanes) is 2. The zero-order chi connectivity index (χ0) is 26.1. The van der Waals surface area contributed by atoms with Crippen LogP contribution in [0, 0.1) is 40.4 Å². The van der Waals surface area contributed by atoms with E-state index in [0.29, 0.717) is 36.7 Å². The molecule has 4 rings (SSSR count). The molecule has 3 N–H and O–H groups in total. The zero-order valence-electron chi connectivity index (χ0n) is 23.0. The highest BCUT2D eigenvalue weighted by Gasteiger charge is 2.63. The molecule has 0 aromatic heterocycles. The molecule has 9 atom stereocenters. The number of amides is 1. The highest BCUT2D eigenvalue weighted by atomic mass is 16.5. The molecule has 1 aliphatic heterocycles. The highest BCUT2D eigenvalue weighted by molar-refractivity contribution is 5.85. The second-order valence-corrected chi connectivity index (χ2v) is 12.9. The SMILES string of the molecule is CC(CC[C@]1(C)C2C[C@@H](O)[C@]3(C)[C@@H](C4=CC(=O)OC4)CC[C@@H]3C2CC[C@@H]1C)OCCCCCC(N)=O. The van der Waals surface area contributed by atoms with Gasteiger partial charge >= 0.3 is 5.97 Å². The largest absolute Gasteiger partial charge is 0.458 e. The molecule has 6 nitrogen and oxygen atoms in total. The first-order valence-corrected chi connectivity index (χ1v) is 14.5. The van der Waals surface area contributed by atoms with E-state index >= 15 is 0 Å². The van der Waals surface area contributed by atoms with Crippen molar-refractivity contribution in [3.63, 3.8) is 0 Å². The summed E-state index contributed by atoms with van der Waals surface area (Å²) in [5, 5.41) is 11.7. The van der Waals surface area contributed by atoms with Crippen LogP contribution in [0.3, 0.4) is 0 Å². The van der Waals surface area contributed by atoms with Crippen LogP contribution in [0.25, 0.3) is 0 Å². The summed E-state index contributed by atoms with van der Waals surface area (Å²) >= 11 is 0. The number of aliphatic hydroxyl groups is 1. The number of carbonyl (C=O) groups is 2. The lowest BCUT2D eigenvalue weighted by Crippen LogP contribution is -2.57. The van der Waals surface area contributed by atoms with Gasteiger partial charge in [0.1, 0.15) is 6.61 Å². The van der Waals surface area contributed by atoms with E-state index in [9.17, 15) is 14.7 Å². The van der Waals surface area contributed by atoms with E-state index in [-0.39, 0.29) is 40.8 Å². The van der Waals surface area contributed by atoms with Crippen LogP contribution in [0.2, 0.25) is 0 Å². The van der Waals surface area contributed by atoms with Gasteiger partial charge in [-0.3, -0.25) is 4.79 Å². The standard InChI is InChI=1S/C30H49NO5/c1-19-9-10-22-24-12-11-23(21-16-28(34)36-18-21)30(24,4)26(32)17-25(22)29(19,3)14-13-20(2)35-15-7-5-6-8-27(31)33/h16,19-20,22-26,32H,5-15,17-18H2,1-4H3,(H2,31,33)/t19-,20?,22?,23+,24+,25?,26+,29-,30+/m0/s1. The van der Waals surface area contributed by atoms with Crippen molar-refractivity contribution in [3.05, 3.63) is 11.6 Å². The average Bonchev–Trinajstić information content (AvgIpc) is 3.41. The first-order chi connectivity index (χ1) is 17.1. The molecule has 3 fully saturated rings. The molecule has 0 spiro atoms. The number of fused-ring (bicyclic) bond motifs is 3. The zero-order valence-corrected chi connectivity index (χ0v) is 23.0. The molecule has 36 heavy (non-hydrogen) atoms. The van der Waals surface area contributed by atoms with Crippen molar-refractivity contribution in [3.8, 4) is 0 Å². The summed E-state index contributed by atoms with van der Waals surface area (Å²) < 4.78 is 11.4. The molecule has 3 unspecified atom stereocenters. The van der Waals surface area contributed by atoms with Crippen molar-refractivity contribution >= 4 is 11.9 Å². The molecule has 0 aromatic carbocycles. The van der Waals surface area contributed by atoms with E-state index in [2.05, 4.69) is 27.7 Å². The Balaban J connectivity index is 1.37. The van der Waals surface area contributed by atoms with E-state index in [1.54, 1.807) is 6.08 Å². The molecule has 204 valence electrons. The number of rotatable bonds is 11. The fourth-order valence-electron chi connectivity index (χ4n) is 8.70. The third-order valence-corrected chi connectivity index (χ3v) is 11.1. The summed E-state index contributed by atoms with van der Waals surface area (Å²) in [6.45, 7) is 10.5.